The lowest BCUT2D eigenvalue weighted by molar-refractivity contribution is -0.0429. The third kappa shape index (κ3) is 5.46. The van der Waals surface area contributed by atoms with Gasteiger partial charge < -0.3 is 14.1 Å². The minimum absolute atomic E-state index is 0.00706. The first-order valence-electron chi connectivity index (χ1n) is 13.2. The van der Waals surface area contributed by atoms with Crippen LogP contribution >= 0.6 is 11.6 Å². The Hall–Kier alpha value is -3.61. The van der Waals surface area contributed by atoms with Crippen LogP contribution in [0.5, 0.6) is 0 Å². The molecule has 8 nitrogen and oxygen atoms in total. The number of anilines is 1. The van der Waals surface area contributed by atoms with E-state index in [1.54, 1.807) is 16.9 Å². The van der Waals surface area contributed by atoms with Crippen molar-refractivity contribution in [1.82, 2.24) is 14.5 Å². The molecule has 0 aliphatic heterocycles. The van der Waals surface area contributed by atoms with Gasteiger partial charge in [0, 0.05) is 34.4 Å². The predicted octanol–water partition coefficient (Wildman–Crippen LogP) is 7.16. The first-order valence-corrected chi connectivity index (χ1v) is 15.1. The second kappa shape index (κ2) is 11.2. The van der Waals surface area contributed by atoms with E-state index in [4.69, 9.17) is 26.0 Å². The SMILES string of the molecule is CCCc1nc2c(C)cc(C(C)CO)nc2n1Cc1ccc2c(-c3ccccc3NS(=O)(=O)C(F)(F)F)oc(Cl)c2c1. The largest absolute Gasteiger partial charge is 0.516 e. The molecular formula is C29H28ClF3N4O4S. The maximum atomic E-state index is 13.1. The highest BCUT2D eigenvalue weighted by Crippen LogP contribution is 2.41. The van der Waals surface area contributed by atoms with Gasteiger partial charge in [-0.3, -0.25) is 4.72 Å². The van der Waals surface area contributed by atoms with Gasteiger partial charge in [-0.2, -0.15) is 21.6 Å². The van der Waals surface area contributed by atoms with E-state index in [0.29, 0.717) is 23.0 Å². The molecule has 0 aliphatic rings. The van der Waals surface area contributed by atoms with Gasteiger partial charge in [-0.15, -0.1) is 0 Å². The summed E-state index contributed by atoms with van der Waals surface area (Å²) in [5, 5.41) is 10.7. The summed E-state index contributed by atoms with van der Waals surface area (Å²) in [4.78, 5) is 9.71. The zero-order valence-corrected chi connectivity index (χ0v) is 24.5. The molecule has 3 aromatic heterocycles. The fraction of sp³-hybridized carbons (Fsp3) is 0.310. The second-order valence-electron chi connectivity index (χ2n) is 10.2. The number of rotatable bonds is 9. The number of halogens is 4. The van der Waals surface area contributed by atoms with Crippen molar-refractivity contribution in [1.29, 1.82) is 0 Å². The molecule has 2 N–H and O–H groups in total. The maximum absolute atomic E-state index is 13.1. The number of furan rings is 1. The standard InChI is InChI=1S/C29H28ClF3N4O4S/c1-4-7-24-35-25-16(2)12-23(17(3)15-38)34-28(25)37(24)14-18-10-11-19-21(13-18)27(30)41-26(19)20-8-5-6-9-22(20)36-42(39,40)29(31,32)33/h5-6,8-13,17,36,38H,4,7,14-15H2,1-3H3. The first-order chi connectivity index (χ1) is 19.8. The highest BCUT2D eigenvalue weighted by atomic mass is 35.5. The third-order valence-electron chi connectivity index (χ3n) is 7.04. The number of hydrogen-bond acceptors (Lipinski definition) is 6. The summed E-state index contributed by atoms with van der Waals surface area (Å²) in [6.45, 7) is 6.31. The lowest BCUT2D eigenvalue weighted by Gasteiger charge is -2.13. The fourth-order valence-corrected chi connectivity index (χ4v) is 5.66. The second-order valence-corrected chi connectivity index (χ2v) is 12.2. The minimum atomic E-state index is -5.66. The van der Waals surface area contributed by atoms with Gasteiger partial charge in [0.2, 0.25) is 5.22 Å². The Labute approximate surface area is 245 Å². The number of pyridine rings is 1. The number of fused-ring (bicyclic) bond motifs is 2. The van der Waals surface area contributed by atoms with E-state index in [1.807, 2.05) is 36.6 Å². The monoisotopic (exact) mass is 620 g/mol. The lowest BCUT2D eigenvalue weighted by Crippen LogP contribution is -2.30. The van der Waals surface area contributed by atoms with Crippen molar-refractivity contribution in [3.05, 3.63) is 76.4 Å². The summed E-state index contributed by atoms with van der Waals surface area (Å²) in [6.07, 6.45) is 1.60. The predicted molar refractivity (Wildman–Crippen MR) is 156 cm³/mol. The average molecular weight is 621 g/mol. The molecule has 1 unspecified atom stereocenters. The summed E-state index contributed by atoms with van der Waals surface area (Å²) in [6, 6.07) is 13.0. The van der Waals surface area contributed by atoms with Crippen molar-refractivity contribution >= 4 is 49.2 Å². The third-order valence-corrected chi connectivity index (χ3v) is 8.42. The summed E-state index contributed by atoms with van der Waals surface area (Å²) in [5.74, 6) is 0.845. The average Bonchev–Trinajstić information content (AvgIpc) is 3.45. The van der Waals surface area contributed by atoms with Gasteiger partial charge in [-0.1, -0.05) is 38.1 Å². The van der Waals surface area contributed by atoms with Crippen molar-refractivity contribution in [2.45, 2.75) is 51.6 Å². The van der Waals surface area contributed by atoms with Crippen LogP contribution in [0.2, 0.25) is 5.22 Å². The molecule has 5 rings (SSSR count). The Morgan fingerprint density at radius 1 is 1.12 bits per heavy atom. The molecule has 0 aliphatic carbocycles. The zero-order chi connectivity index (χ0) is 30.4. The Morgan fingerprint density at radius 2 is 1.86 bits per heavy atom. The Morgan fingerprint density at radius 3 is 2.55 bits per heavy atom. The molecule has 42 heavy (non-hydrogen) atoms. The normalized spacial score (nSPS) is 13.2. The van der Waals surface area contributed by atoms with E-state index in [-0.39, 0.29) is 34.8 Å². The number of hydrogen-bond donors (Lipinski definition) is 2. The van der Waals surface area contributed by atoms with Crippen molar-refractivity contribution in [3.63, 3.8) is 0 Å². The number of nitrogens with zero attached hydrogens (tertiary/aromatic N) is 3. The summed E-state index contributed by atoms with van der Waals surface area (Å²) in [7, 11) is -5.66. The number of aliphatic hydroxyl groups is 1. The molecule has 1 atom stereocenters. The topological polar surface area (TPSA) is 110 Å². The Bertz CT molecular complexity index is 1900. The van der Waals surface area contributed by atoms with Gasteiger partial charge in [0.1, 0.15) is 17.1 Å². The van der Waals surface area contributed by atoms with Gasteiger partial charge in [0.25, 0.3) is 0 Å². The van der Waals surface area contributed by atoms with Crippen LogP contribution in [0.25, 0.3) is 33.3 Å². The number of aliphatic hydroxyl groups excluding tert-OH is 1. The Kier molecular flexibility index (Phi) is 7.99. The van der Waals surface area contributed by atoms with Crippen molar-refractivity contribution in [2.75, 3.05) is 11.3 Å². The number of nitrogens with one attached hydrogen (secondary N) is 1. The van der Waals surface area contributed by atoms with Crippen LogP contribution < -0.4 is 4.72 Å². The van der Waals surface area contributed by atoms with Crippen LogP contribution in [-0.2, 0) is 23.0 Å². The van der Waals surface area contributed by atoms with Crippen LogP contribution in [0.1, 0.15) is 48.8 Å². The quantitative estimate of drug-likeness (QED) is 0.181. The maximum Gasteiger partial charge on any atom is 0.516 e. The smallest absolute Gasteiger partial charge is 0.443 e. The number of para-hydroxylation sites is 1. The molecule has 0 fully saturated rings. The van der Waals surface area contributed by atoms with Gasteiger partial charge in [-0.05, 0) is 60.3 Å². The molecule has 13 heteroatoms. The first kappa shape index (κ1) is 29.9. The van der Waals surface area contributed by atoms with Crippen molar-refractivity contribution in [3.8, 4) is 11.3 Å². The summed E-state index contributed by atoms with van der Waals surface area (Å²) >= 11 is 6.47. The van der Waals surface area contributed by atoms with Gasteiger partial charge >= 0.3 is 15.5 Å². The number of alkyl halides is 3. The molecule has 0 saturated heterocycles. The molecule has 0 spiro atoms. The van der Waals surface area contributed by atoms with Crippen molar-refractivity contribution < 1.29 is 31.1 Å². The highest BCUT2D eigenvalue weighted by molar-refractivity contribution is 7.93. The van der Waals surface area contributed by atoms with Crippen LogP contribution in [0.3, 0.4) is 0 Å². The molecule has 0 amide bonds. The molecule has 3 heterocycles. The molecule has 0 bridgehead atoms. The Balaban J connectivity index is 1.58. The van der Waals surface area contributed by atoms with Gasteiger partial charge in [0.05, 0.1) is 18.8 Å². The van der Waals surface area contributed by atoms with Crippen molar-refractivity contribution in [2.24, 2.45) is 0 Å². The highest BCUT2D eigenvalue weighted by Gasteiger charge is 2.46. The molecule has 0 saturated carbocycles. The van der Waals surface area contributed by atoms with Gasteiger partial charge in [0.15, 0.2) is 5.65 Å². The zero-order valence-electron chi connectivity index (χ0n) is 23.0. The lowest BCUT2D eigenvalue weighted by atomic mass is 10.0. The molecule has 222 valence electrons. The molecule has 2 aromatic carbocycles. The summed E-state index contributed by atoms with van der Waals surface area (Å²) < 4.78 is 72.3. The van der Waals surface area contributed by atoms with E-state index in [9.17, 15) is 26.7 Å². The number of imidazole rings is 1. The number of aryl methyl sites for hydroxylation is 2. The molecule has 0 radical (unpaired) electrons. The molecular weight excluding hydrogens is 593 g/mol. The molecule has 5 aromatic rings. The minimum Gasteiger partial charge on any atom is -0.443 e. The van der Waals surface area contributed by atoms with E-state index in [1.165, 1.54) is 18.2 Å². The number of sulfonamides is 1. The van der Waals surface area contributed by atoms with E-state index in [2.05, 4.69) is 6.92 Å². The van der Waals surface area contributed by atoms with E-state index < -0.39 is 15.5 Å². The number of benzene rings is 2. The van der Waals surface area contributed by atoms with Crippen LogP contribution in [0.4, 0.5) is 18.9 Å². The number of aromatic nitrogens is 3. The van der Waals surface area contributed by atoms with E-state index in [0.717, 1.165) is 41.0 Å². The summed E-state index contributed by atoms with van der Waals surface area (Å²) in [5.41, 5.74) is -1.61. The van der Waals surface area contributed by atoms with Crippen LogP contribution in [-0.4, -0.2) is 40.2 Å². The van der Waals surface area contributed by atoms with Crippen LogP contribution in [0, 0.1) is 6.92 Å². The van der Waals surface area contributed by atoms with E-state index >= 15 is 0 Å². The fourth-order valence-electron chi connectivity index (χ4n) is 4.84. The van der Waals surface area contributed by atoms with Gasteiger partial charge in [-0.25, -0.2) is 9.97 Å². The van der Waals surface area contributed by atoms with Crippen LogP contribution in [0.15, 0.2) is 52.9 Å².